The van der Waals surface area contributed by atoms with Crippen molar-refractivity contribution in [3.63, 3.8) is 0 Å². The summed E-state index contributed by atoms with van der Waals surface area (Å²) < 4.78 is 68.8. The molecular formula is C18H10F5NO3. The van der Waals surface area contributed by atoms with E-state index in [1.54, 1.807) is 0 Å². The van der Waals surface area contributed by atoms with Crippen molar-refractivity contribution < 1.29 is 31.9 Å². The Morgan fingerprint density at radius 2 is 1.67 bits per heavy atom. The lowest BCUT2D eigenvalue weighted by Gasteiger charge is -2.17. The number of rotatable bonds is 3. The van der Waals surface area contributed by atoms with E-state index in [2.05, 4.69) is 0 Å². The largest absolute Gasteiger partial charge is 0.477 e. The second kappa shape index (κ2) is 6.49. The Morgan fingerprint density at radius 3 is 2.30 bits per heavy atom. The lowest BCUT2D eigenvalue weighted by Crippen LogP contribution is -2.21. The molecule has 0 radical (unpaired) electrons. The first-order valence-corrected chi connectivity index (χ1v) is 7.51. The van der Waals surface area contributed by atoms with Crippen LogP contribution in [-0.2, 0) is 12.7 Å². The quantitative estimate of drug-likeness (QED) is 0.695. The number of hydrogen-bond donors (Lipinski definition) is 1. The fourth-order valence-electron chi connectivity index (χ4n) is 2.85. The highest BCUT2D eigenvalue weighted by atomic mass is 19.4. The third-order valence-electron chi connectivity index (χ3n) is 4.02. The van der Waals surface area contributed by atoms with E-state index in [1.807, 2.05) is 0 Å². The molecule has 140 valence electrons. The van der Waals surface area contributed by atoms with E-state index in [0.717, 1.165) is 16.7 Å². The molecule has 0 aliphatic rings. The lowest BCUT2D eigenvalue weighted by atomic mass is 10.1. The van der Waals surface area contributed by atoms with Crippen LogP contribution in [0.4, 0.5) is 22.0 Å². The maximum Gasteiger partial charge on any atom is 0.416 e. The number of pyridine rings is 1. The SMILES string of the molecule is O=C(O)c1cn(Cc2ccccc2C(F)(F)F)c2c(F)ccc(F)c2c1=O. The van der Waals surface area contributed by atoms with Crippen LogP contribution in [0.25, 0.3) is 10.9 Å². The summed E-state index contributed by atoms with van der Waals surface area (Å²) >= 11 is 0. The van der Waals surface area contributed by atoms with Gasteiger partial charge < -0.3 is 9.67 Å². The van der Waals surface area contributed by atoms with Crippen LogP contribution in [0.2, 0.25) is 0 Å². The molecule has 3 aromatic rings. The molecule has 0 saturated heterocycles. The maximum atomic E-state index is 14.3. The Balaban J connectivity index is 2.34. The van der Waals surface area contributed by atoms with E-state index in [1.165, 1.54) is 12.1 Å². The van der Waals surface area contributed by atoms with Gasteiger partial charge in [0.05, 0.1) is 16.5 Å². The molecule has 0 bridgehead atoms. The lowest BCUT2D eigenvalue weighted by molar-refractivity contribution is -0.138. The van der Waals surface area contributed by atoms with Gasteiger partial charge in [-0.25, -0.2) is 13.6 Å². The fourth-order valence-corrected chi connectivity index (χ4v) is 2.85. The molecule has 0 saturated carbocycles. The minimum Gasteiger partial charge on any atom is -0.477 e. The average molecular weight is 383 g/mol. The summed E-state index contributed by atoms with van der Waals surface area (Å²) in [6.07, 6.45) is -3.99. The smallest absolute Gasteiger partial charge is 0.416 e. The first-order valence-electron chi connectivity index (χ1n) is 7.51. The molecule has 1 aromatic heterocycles. The third-order valence-corrected chi connectivity index (χ3v) is 4.02. The molecule has 0 spiro atoms. The summed E-state index contributed by atoms with van der Waals surface area (Å²) in [7, 11) is 0. The van der Waals surface area contributed by atoms with Crippen LogP contribution in [-0.4, -0.2) is 15.6 Å². The predicted octanol–water partition coefficient (Wildman–Crippen LogP) is 4.05. The van der Waals surface area contributed by atoms with E-state index >= 15 is 0 Å². The van der Waals surface area contributed by atoms with Gasteiger partial charge in [-0.15, -0.1) is 0 Å². The van der Waals surface area contributed by atoms with Crippen LogP contribution in [0, 0.1) is 11.6 Å². The number of carboxylic acids is 1. The Morgan fingerprint density at radius 1 is 1.04 bits per heavy atom. The number of hydrogen-bond acceptors (Lipinski definition) is 2. The summed E-state index contributed by atoms with van der Waals surface area (Å²) in [5.74, 6) is -3.94. The molecule has 0 aliphatic heterocycles. The highest BCUT2D eigenvalue weighted by Crippen LogP contribution is 2.32. The van der Waals surface area contributed by atoms with Crippen molar-refractivity contribution in [2.45, 2.75) is 12.7 Å². The van der Waals surface area contributed by atoms with Crippen molar-refractivity contribution in [2.24, 2.45) is 0 Å². The summed E-state index contributed by atoms with van der Waals surface area (Å²) in [5, 5.41) is 8.32. The molecule has 0 fully saturated rings. The van der Waals surface area contributed by atoms with Crippen molar-refractivity contribution in [3.8, 4) is 0 Å². The Labute approximate surface area is 148 Å². The number of carbonyl (C=O) groups is 1. The number of alkyl halides is 3. The number of aromatic carboxylic acids is 1. The number of carboxylic acid groups (broad SMARTS) is 1. The van der Waals surface area contributed by atoms with Crippen molar-refractivity contribution in [1.82, 2.24) is 4.57 Å². The van der Waals surface area contributed by atoms with Gasteiger partial charge in [-0.1, -0.05) is 18.2 Å². The van der Waals surface area contributed by atoms with Gasteiger partial charge in [0, 0.05) is 12.7 Å². The molecule has 27 heavy (non-hydrogen) atoms. The van der Waals surface area contributed by atoms with E-state index in [4.69, 9.17) is 5.11 Å². The second-order valence-electron chi connectivity index (χ2n) is 5.71. The summed E-state index contributed by atoms with van der Waals surface area (Å²) in [4.78, 5) is 23.5. The Kier molecular flexibility index (Phi) is 4.46. The van der Waals surface area contributed by atoms with Crippen molar-refractivity contribution in [1.29, 1.82) is 0 Å². The van der Waals surface area contributed by atoms with Gasteiger partial charge in [0.25, 0.3) is 0 Å². The number of fused-ring (bicyclic) bond motifs is 1. The third kappa shape index (κ3) is 3.27. The molecule has 4 nitrogen and oxygen atoms in total. The van der Waals surface area contributed by atoms with Gasteiger partial charge in [0.1, 0.15) is 17.2 Å². The first-order chi connectivity index (χ1) is 12.6. The number of halogens is 5. The highest BCUT2D eigenvalue weighted by molar-refractivity contribution is 5.93. The normalized spacial score (nSPS) is 11.7. The minimum atomic E-state index is -4.70. The molecule has 9 heteroatoms. The molecule has 0 amide bonds. The highest BCUT2D eigenvalue weighted by Gasteiger charge is 2.33. The molecule has 1 N–H and O–H groups in total. The zero-order valence-electron chi connectivity index (χ0n) is 13.3. The zero-order chi connectivity index (χ0) is 19.9. The van der Waals surface area contributed by atoms with Gasteiger partial charge in [-0.2, -0.15) is 13.2 Å². The fraction of sp³-hybridized carbons (Fsp3) is 0.111. The monoisotopic (exact) mass is 383 g/mol. The van der Waals surface area contributed by atoms with Crippen LogP contribution in [0.5, 0.6) is 0 Å². The van der Waals surface area contributed by atoms with E-state index in [9.17, 15) is 31.5 Å². The predicted molar refractivity (Wildman–Crippen MR) is 85.6 cm³/mol. The zero-order valence-corrected chi connectivity index (χ0v) is 13.3. The van der Waals surface area contributed by atoms with Crippen LogP contribution in [0.15, 0.2) is 47.4 Å². The Hall–Kier alpha value is -3.23. The molecule has 3 rings (SSSR count). The summed E-state index contributed by atoms with van der Waals surface area (Å²) in [6, 6.07) is 5.80. The van der Waals surface area contributed by atoms with Crippen molar-refractivity contribution in [3.05, 3.63) is 81.1 Å². The summed E-state index contributed by atoms with van der Waals surface area (Å²) in [6.45, 7) is -0.618. The molecule has 0 unspecified atom stereocenters. The van der Waals surface area contributed by atoms with Gasteiger partial charge in [0.2, 0.25) is 5.43 Å². The molecular weight excluding hydrogens is 373 g/mol. The van der Waals surface area contributed by atoms with Crippen molar-refractivity contribution >= 4 is 16.9 Å². The minimum absolute atomic E-state index is 0.296. The topological polar surface area (TPSA) is 59.3 Å². The molecule has 0 atom stereocenters. The number of benzene rings is 2. The van der Waals surface area contributed by atoms with E-state index in [0.29, 0.717) is 18.3 Å². The molecule has 1 heterocycles. The van der Waals surface area contributed by atoms with Crippen LogP contribution >= 0.6 is 0 Å². The van der Waals surface area contributed by atoms with Gasteiger partial charge in [-0.05, 0) is 23.8 Å². The summed E-state index contributed by atoms with van der Waals surface area (Å²) in [5.41, 5.74) is -4.05. The first kappa shape index (κ1) is 18.6. The number of nitrogens with zero attached hydrogens (tertiary/aromatic N) is 1. The number of aromatic nitrogens is 1. The van der Waals surface area contributed by atoms with Gasteiger partial charge in [0.15, 0.2) is 0 Å². The standard InChI is InChI=1S/C18H10F5NO3/c19-12-5-6-13(20)15-14(12)16(25)10(17(26)27)8-24(15)7-9-3-1-2-4-11(9)18(21,22)23/h1-6,8H,7H2,(H,26,27). The molecule has 2 aromatic carbocycles. The maximum absolute atomic E-state index is 14.3. The van der Waals surface area contributed by atoms with E-state index < -0.39 is 57.8 Å². The van der Waals surface area contributed by atoms with Gasteiger partial charge in [-0.3, -0.25) is 4.79 Å². The Bertz CT molecular complexity index is 1120. The average Bonchev–Trinajstić information content (AvgIpc) is 2.59. The van der Waals surface area contributed by atoms with E-state index in [-0.39, 0.29) is 5.56 Å². The van der Waals surface area contributed by atoms with Crippen LogP contribution in [0.3, 0.4) is 0 Å². The van der Waals surface area contributed by atoms with Gasteiger partial charge >= 0.3 is 12.1 Å². The van der Waals surface area contributed by atoms with Crippen LogP contribution in [0.1, 0.15) is 21.5 Å². The molecule has 0 aliphatic carbocycles. The second-order valence-corrected chi connectivity index (χ2v) is 5.71. The van der Waals surface area contributed by atoms with Crippen molar-refractivity contribution in [2.75, 3.05) is 0 Å². The van der Waals surface area contributed by atoms with Crippen LogP contribution < -0.4 is 5.43 Å².